The van der Waals surface area contributed by atoms with Crippen molar-refractivity contribution in [1.82, 2.24) is 4.90 Å². The number of nitriles is 1. The van der Waals surface area contributed by atoms with E-state index in [-0.39, 0.29) is 11.9 Å². The Labute approximate surface area is 103 Å². The van der Waals surface area contributed by atoms with Crippen LogP contribution in [0.4, 0.5) is 0 Å². The highest BCUT2D eigenvalue weighted by molar-refractivity contribution is 5.86. The van der Waals surface area contributed by atoms with E-state index < -0.39 is 5.41 Å². The second kappa shape index (κ2) is 5.05. The minimum Gasteiger partial charge on any atom is -0.377 e. The van der Waals surface area contributed by atoms with Crippen molar-refractivity contribution < 1.29 is 9.53 Å². The number of ether oxygens (including phenoxy) is 1. The van der Waals surface area contributed by atoms with E-state index >= 15 is 0 Å². The van der Waals surface area contributed by atoms with Gasteiger partial charge >= 0.3 is 0 Å². The van der Waals surface area contributed by atoms with E-state index in [1.165, 1.54) is 0 Å². The molecule has 1 aliphatic heterocycles. The fraction of sp³-hybridized carbons (Fsp3) is 0.846. The summed E-state index contributed by atoms with van der Waals surface area (Å²) in [7, 11) is 0. The molecule has 1 amide bonds. The molecule has 1 saturated heterocycles. The van der Waals surface area contributed by atoms with E-state index in [0.29, 0.717) is 19.8 Å². The molecule has 0 bridgehead atoms. The first-order valence-electron chi connectivity index (χ1n) is 6.50. The van der Waals surface area contributed by atoms with Crippen LogP contribution >= 0.6 is 0 Å². The van der Waals surface area contributed by atoms with E-state index in [4.69, 9.17) is 4.74 Å². The predicted octanol–water partition coefficient (Wildman–Crippen LogP) is 1.71. The summed E-state index contributed by atoms with van der Waals surface area (Å²) in [6.07, 6.45) is 4.60. The SMILES string of the molecule is CC1COCCN1C(=O)C1(C#N)CCCCC1. The maximum Gasteiger partial charge on any atom is 0.243 e. The highest BCUT2D eigenvalue weighted by Gasteiger charge is 2.44. The van der Waals surface area contributed by atoms with Crippen LogP contribution < -0.4 is 0 Å². The fourth-order valence-electron chi connectivity index (χ4n) is 2.83. The van der Waals surface area contributed by atoms with E-state index in [9.17, 15) is 10.1 Å². The molecule has 0 radical (unpaired) electrons. The molecule has 1 saturated carbocycles. The molecule has 0 aromatic heterocycles. The molecular formula is C13H20N2O2. The molecule has 1 aliphatic carbocycles. The van der Waals surface area contributed by atoms with Gasteiger partial charge in [0.05, 0.1) is 25.3 Å². The van der Waals surface area contributed by atoms with E-state index in [0.717, 1.165) is 32.1 Å². The van der Waals surface area contributed by atoms with Gasteiger partial charge in [0.25, 0.3) is 0 Å². The number of carbonyl (C=O) groups excluding carboxylic acids is 1. The monoisotopic (exact) mass is 236 g/mol. The molecule has 4 nitrogen and oxygen atoms in total. The van der Waals surface area contributed by atoms with E-state index in [1.807, 2.05) is 11.8 Å². The standard InChI is InChI=1S/C13H20N2O2/c1-11-9-17-8-7-15(11)12(16)13(10-14)5-3-2-4-6-13/h11H,2-9H2,1H3. The summed E-state index contributed by atoms with van der Waals surface area (Å²) in [5, 5.41) is 9.40. The third kappa shape index (κ3) is 2.30. The summed E-state index contributed by atoms with van der Waals surface area (Å²) >= 11 is 0. The van der Waals surface area contributed by atoms with Crippen molar-refractivity contribution in [3.63, 3.8) is 0 Å². The molecule has 1 heterocycles. The van der Waals surface area contributed by atoms with Gasteiger partial charge in [-0.15, -0.1) is 0 Å². The smallest absolute Gasteiger partial charge is 0.243 e. The zero-order valence-corrected chi connectivity index (χ0v) is 10.4. The number of rotatable bonds is 1. The highest BCUT2D eigenvalue weighted by atomic mass is 16.5. The van der Waals surface area contributed by atoms with Gasteiger partial charge in [0.1, 0.15) is 5.41 Å². The molecule has 0 aromatic rings. The van der Waals surface area contributed by atoms with Gasteiger partial charge in [-0.3, -0.25) is 4.79 Å². The molecule has 1 unspecified atom stereocenters. The lowest BCUT2D eigenvalue weighted by Crippen LogP contribution is -2.53. The number of hydrogen-bond donors (Lipinski definition) is 0. The van der Waals surface area contributed by atoms with Gasteiger partial charge < -0.3 is 9.64 Å². The Bertz CT molecular complexity index is 329. The largest absolute Gasteiger partial charge is 0.377 e. The van der Waals surface area contributed by atoms with Crippen LogP contribution in [-0.4, -0.2) is 36.6 Å². The first-order chi connectivity index (χ1) is 8.19. The zero-order chi connectivity index (χ0) is 12.3. The second-order valence-electron chi connectivity index (χ2n) is 5.18. The van der Waals surface area contributed by atoms with Crippen molar-refractivity contribution in [2.75, 3.05) is 19.8 Å². The fourth-order valence-corrected chi connectivity index (χ4v) is 2.83. The molecule has 0 spiro atoms. The van der Waals surface area contributed by atoms with Crippen LogP contribution in [0.5, 0.6) is 0 Å². The zero-order valence-electron chi connectivity index (χ0n) is 10.4. The predicted molar refractivity (Wildman–Crippen MR) is 63.1 cm³/mol. The van der Waals surface area contributed by atoms with Crippen molar-refractivity contribution >= 4 is 5.91 Å². The van der Waals surface area contributed by atoms with Crippen molar-refractivity contribution in [2.24, 2.45) is 5.41 Å². The quantitative estimate of drug-likeness (QED) is 0.696. The number of nitrogens with zero attached hydrogens (tertiary/aromatic N) is 2. The molecular weight excluding hydrogens is 216 g/mol. The summed E-state index contributed by atoms with van der Waals surface area (Å²) < 4.78 is 5.34. The third-order valence-corrected chi connectivity index (χ3v) is 3.96. The normalized spacial score (nSPS) is 28.5. The Kier molecular flexibility index (Phi) is 3.68. The minimum absolute atomic E-state index is 0.0375. The van der Waals surface area contributed by atoms with Gasteiger partial charge in [0, 0.05) is 6.54 Å². The summed E-state index contributed by atoms with van der Waals surface area (Å²) in [5.74, 6) is 0.0375. The van der Waals surface area contributed by atoms with Crippen molar-refractivity contribution in [2.45, 2.75) is 45.1 Å². The molecule has 2 aliphatic rings. The summed E-state index contributed by atoms with van der Waals surface area (Å²) in [6.45, 7) is 3.80. The Hall–Kier alpha value is -1.08. The lowest BCUT2D eigenvalue weighted by Gasteiger charge is -2.40. The maximum atomic E-state index is 12.6. The minimum atomic E-state index is -0.746. The second-order valence-corrected chi connectivity index (χ2v) is 5.18. The van der Waals surface area contributed by atoms with Crippen molar-refractivity contribution in [1.29, 1.82) is 5.26 Å². The van der Waals surface area contributed by atoms with Crippen molar-refractivity contribution in [3.05, 3.63) is 0 Å². The lowest BCUT2D eigenvalue weighted by atomic mass is 9.74. The van der Waals surface area contributed by atoms with Gasteiger partial charge in [-0.25, -0.2) is 0 Å². The number of carbonyl (C=O) groups is 1. The molecule has 17 heavy (non-hydrogen) atoms. The Morgan fingerprint density at radius 3 is 2.71 bits per heavy atom. The van der Waals surface area contributed by atoms with Gasteiger partial charge in [-0.1, -0.05) is 19.3 Å². The topological polar surface area (TPSA) is 53.3 Å². The van der Waals surface area contributed by atoms with E-state index in [1.54, 1.807) is 0 Å². The number of hydrogen-bond acceptors (Lipinski definition) is 3. The lowest BCUT2D eigenvalue weighted by molar-refractivity contribution is -0.148. The number of amides is 1. The van der Waals surface area contributed by atoms with E-state index in [2.05, 4.69) is 6.07 Å². The number of morpholine rings is 1. The van der Waals surface area contributed by atoms with Gasteiger partial charge in [0.2, 0.25) is 5.91 Å². The van der Waals surface area contributed by atoms with Gasteiger partial charge in [-0.2, -0.15) is 5.26 Å². The van der Waals surface area contributed by atoms with Gasteiger partial charge in [0.15, 0.2) is 0 Å². The van der Waals surface area contributed by atoms with Crippen LogP contribution in [0.3, 0.4) is 0 Å². The molecule has 0 N–H and O–H groups in total. The first kappa shape index (κ1) is 12.4. The van der Waals surface area contributed by atoms with Crippen molar-refractivity contribution in [3.8, 4) is 6.07 Å². The summed E-state index contributed by atoms with van der Waals surface area (Å²) in [5.41, 5.74) is -0.746. The Morgan fingerprint density at radius 1 is 1.41 bits per heavy atom. The average molecular weight is 236 g/mol. The molecule has 94 valence electrons. The third-order valence-electron chi connectivity index (χ3n) is 3.96. The van der Waals surface area contributed by atoms with Crippen LogP contribution in [-0.2, 0) is 9.53 Å². The Morgan fingerprint density at radius 2 is 2.12 bits per heavy atom. The molecule has 0 aromatic carbocycles. The summed E-state index contributed by atoms with van der Waals surface area (Å²) in [4.78, 5) is 14.4. The highest BCUT2D eigenvalue weighted by Crippen LogP contribution is 2.38. The van der Waals surface area contributed by atoms with Crippen LogP contribution in [0.2, 0.25) is 0 Å². The molecule has 2 rings (SSSR count). The van der Waals surface area contributed by atoms with Crippen LogP contribution in [0.15, 0.2) is 0 Å². The molecule has 2 fully saturated rings. The Balaban J connectivity index is 2.13. The molecule has 4 heteroatoms. The van der Waals surface area contributed by atoms with Crippen LogP contribution in [0, 0.1) is 16.7 Å². The van der Waals surface area contributed by atoms with Crippen LogP contribution in [0.25, 0.3) is 0 Å². The van der Waals surface area contributed by atoms with Gasteiger partial charge in [-0.05, 0) is 19.8 Å². The average Bonchev–Trinajstić information content (AvgIpc) is 2.39. The maximum absolute atomic E-state index is 12.6. The summed E-state index contributed by atoms with van der Waals surface area (Å²) in [6, 6.07) is 2.40. The molecule has 1 atom stereocenters. The van der Waals surface area contributed by atoms with Crippen LogP contribution in [0.1, 0.15) is 39.0 Å². The first-order valence-corrected chi connectivity index (χ1v) is 6.50.